The molecule has 0 aliphatic rings. The number of benzene rings is 1. The van der Waals surface area contributed by atoms with Crippen molar-refractivity contribution in [3.8, 4) is 0 Å². The third-order valence-electron chi connectivity index (χ3n) is 3.60. The van der Waals surface area contributed by atoms with Crippen LogP contribution in [-0.4, -0.2) is 16.3 Å². The second-order valence-corrected chi connectivity index (χ2v) is 15.2. The van der Waals surface area contributed by atoms with E-state index in [0.717, 1.165) is 0 Å². The molecule has 0 aliphatic heterocycles. The first kappa shape index (κ1) is 29.3. The highest BCUT2D eigenvalue weighted by Crippen LogP contribution is 2.64. The van der Waals surface area contributed by atoms with Crippen molar-refractivity contribution >= 4 is 162 Å². The molecule has 1 aromatic rings. The molecule has 0 bridgehead atoms. The zero-order chi connectivity index (χ0) is 22.6. The predicted octanol–water partition coefficient (Wildman–Crippen LogP) is 10.4. The first-order chi connectivity index (χ1) is 12.2. The molecule has 14 heteroatoms. The van der Waals surface area contributed by atoms with Crippen LogP contribution in [0.1, 0.15) is 16.7 Å². The summed E-state index contributed by atoms with van der Waals surface area (Å²) in [5.41, 5.74) is 0.370. The van der Waals surface area contributed by atoms with Gasteiger partial charge in [0.15, 0.2) is 8.67 Å². The van der Waals surface area contributed by atoms with Crippen LogP contribution in [0.3, 0.4) is 0 Å². The average Bonchev–Trinajstić information content (AvgIpc) is 2.51. The van der Waals surface area contributed by atoms with Gasteiger partial charge in [0.05, 0.1) is 0 Å². The number of rotatable bonds is 5. The molecule has 0 saturated carbocycles. The summed E-state index contributed by atoms with van der Waals surface area (Å²) in [7, 11) is 0. The van der Waals surface area contributed by atoms with Crippen molar-refractivity contribution in [2.75, 3.05) is 0 Å². The Bertz CT molecular complexity index is 653. The van der Waals surface area contributed by atoms with E-state index in [1.807, 2.05) is 0 Å². The number of alkyl halides is 14. The van der Waals surface area contributed by atoms with Gasteiger partial charge in [-0.3, -0.25) is 0 Å². The van der Waals surface area contributed by atoms with Crippen LogP contribution in [0.15, 0.2) is 18.2 Å². The van der Waals surface area contributed by atoms with E-state index >= 15 is 0 Å². The van der Waals surface area contributed by atoms with Gasteiger partial charge in [-0.1, -0.05) is 181 Å². The van der Waals surface area contributed by atoms with Crippen molar-refractivity contribution < 1.29 is 0 Å². The van der Waals surface area contributed by atoms with Gasteiger partial charge in [-0.15, -0.1) is 0 Å². The fourth-order valence-electron chi connectivity index (χ4n) is 2.14. The van der Waals surface area contributed by atoms with Gasteiger partial charge >= 0.3 is 0 Å². The molecule has 0 nitrogen and oxygen atoms in total. The fourth-order valence-corrected chi connectivity index (χ4v) is 5.25. The maximum absolute atomic E-state index is 6.44. The molecular weight excluding hydrogens is 664 g/mol. The zero-order valence-electron chi connectivity index (χ0n) is 12.9. The predicted molar refractivity (Wildman–Crippen MR) is 132 cm³/mol. The second-order valence-electron chi connectivity index (χ2n) is 5.37. The summed E-state index contributed by atoms with van der Waals surface area (Å²) in [4.78, 5) is 0. The Kier molecular flexibility index (Phi) is 9.94. The maximum atomic E-state index is 6.44. The largest absolute Gasteiger partial charge is 0.226 e. The van der Waals surface area contributed by atoms with Gasteiger partial charge in [-0.25, -0.2) is 0 Å². The highest BCUT2D eigenvalue weighted by molar-refractivity contribution is 6.79. The lowest BCUT2D eigenvalue weighted by Gasteiger charge is -2.41. The Morgan fingerprint density at radius 1 is 0.571 bits per heavy atom. The van der Waals surface area contributed by atoms with Crippen LogP contribution in [0.2, 0.25) is 0 Å². The molecular formula is C14H7Cl14. The van der Waals surface area contributed by atoms with E-state index in [0.29, 0.717) is 0 Å². The minimum atomic E-state index is -2.33. The second kappa shape index (κ2) is 9.50. The van der Waals surface area contributed by atoms with Gasteiger partial charge in [0, 0.05) is 0 Å². The first-order valence-corrected chi connectivity index (χ1v) is 12.0. The Morgan fingerprint density at radius 3 is 1.07 bits per heavy atom. The first-order valence-electron chi connectivity index (χ1n) is 6.74. The SMILES string of the molecule is [CH2]Cc1c(C(Cl)(Cl)C(Cl)(Cl)C(Cl)(Cl)Cl)cccc1C(Cl)(Cl)C(Cl)(Cl)C(Cl)(Cl)Cl. The summed E-state index contributed by atoms with van der Waals surface area (Å²) in [6.45, 7) is 3.79. The summed E-state index contributed by atoms with van der Waals surface area (Å²) in [6, 6.07) is 4.35. The lowest BCUT2D eigenvalue weighted by molar-refractivity contribution is 0.670. The van der Waals surface area contributed by atoms with E-state index in [4.69, 9.17) is 162 Å². The van der Waals surface area contributed by atoms with E-state index in [2.05, 4.69) is 6.92 Å². The van der Waals surface area contributed by atoms with Crippen molar-refractivity contribution in [3.63, 3.8) is 0 Å². The average molecular weight is 672 g/mol. The smallest absolute Gasteiger partial charge is 0.0930 e. The Hall–Kier alpha value is 3.28. The molecule has 0 unspecified atom stereocenters. The van der Waals surface area contributed by atoms with Crippen LogP contribution >= 0.6 is 162 Å². The topological polar surface area (TPSA) is 0 Å². The normalized spacial score (nSPS) is 15.1. The van der Waals surface area contributed by atoms with E-state index < -0.39 is 24.9 Å². The van der Waals surface area contributed by atoms with Gasteiger partial charge < -0.3 is 0 Å². The fraction of sp³-hybridized carbons (Fsp3) is 0.500. The number of hydrogen-bond acceptors (Lipinski definition) is 0. The van der Waals surface area contributed by atoms with Crippen LogP contribution in [0, 0.1) is 6.92 Å². The summed E-state index contributed by atoms with van der Waals surface area (Å²) in [5, 5.41) is 0. The van der Waals surface area contributed by atoms with Crippen LogP contribution in [0.4, 0.5) is 0 Å². The molecule has 0 N–H and O–H groups in total. The van der Waals surface area contributed by atoms with Gasteiger partial charge in [-0.2, -0.15) is 0 Å². The van der Waals surface area contributed by atoms with E-state index in [-0.39, 0.29) is 23.1 Å². The van der Waals surface area contributed by atoms with Crippen LogP contribution < -0.4 is 0 Å². The highest BCUT2D eigenvalue weighted by Gasteiger charge is 2.63. The molecule has 0 amide bonds. The minimum Gasteiger partial charge on any atom is -0.0930 e. The third-order valence-corrected chi connectivity index (χ3v) is 11.5. The van der Waals surface area contributed by atoms with Crippen molar-refractivity contribution in [1.82, 2.24) is 0 Å². The van der Waals surface area contributed by atoms with Gasteiger partial charge in [-0.05, 0) is 30.0 Å². The van der Waals surface area contributed by atoms with E-state index in [9.17, 15) is 0 Å². The van der Waals surface area contributed by atoms with E-state index in [1.165, 1.54) is 18.2 Å². The van der Waals surface area contributed by atoms with Gasteiger partial charge in [0.2, 0.25) is 16.3 Å². The molecule has 1 radical (unpaired) electrons. The lowest BCUT2D eigenvalue weighted by Crippen LogP contribution is -2.47. The van der Waals surface area contributed by atoms with Crippen molar-refractivity contribution in [1.29, 1.82) is 0 Å². The van der Waals surface area contributed by atoms with Crippen molar-refractivity contribution in [2.45, 2.75) is 31.3 Å². The van der Waals surface area contributed by atoms with Gasteiger partial charge in [0.1, 0.15) is 0 Å². The van der Waals surface area contributed by atoms with Crippen LogP contribution in [0.25, 0.3) is 0 Å². The van der Waals surface area contributed by atoms with Crippen molar-refractivity contribution in [2.24, 2.45) is 0 Å². The van der Waals surface area contributed by atoms with Crippen LogP contribution in [-0.2, 0) is 15.1 Å². The molecule has 0 fully saturated rings. The molecule has 0 heterocycles. The minimum absolute atomic E-state index is 0.00131. The molecule has 161 valence electrons. The Labute approximate surface area is 233 Å². The lowest BCUT2D eigenvalue weighted by atomic mass is 9.92. The molecule has 0 aliphatic carbocycles. The van der Waals surface area contributed by atoms with Gasteiger partial charge in [0.25, 0.3) is 0 Å². The van der Waals surface area contributed by atoms with Crippen molar-refractivity contribution in [3.05, 3.63) is 41.8 Å². The molecule has 0 aromatic heterocycles. The standard InChI is InChI=1S/C14H7Cl14/c1-2-6-7(9(15,16)11(19,20)13(23,24)25)4-3-5-8(6)10(17,18)12(21,22)14(26,27)28/h3-5H,1-2H2. The van der Waals surface area contributed by atoms with Crippen LogP contribution in [0.5, 0.6) is 0 Å². The number of hydrogen-bond donors (Lipinski definition) is 0. The monoisotopic (exact) mass is 665 g/mol. The quantitative estimate of drug-likeness (QED) is 0.274. The third kappa shape index (κ3) is 5.17. The number of halogens is 14. The highest BCUT2D eigenvalue weighted by atomic mass is 35.6. The Balaban J connectivity index is 3.81. The maximum Gasteiger partial charge on any atom is 0.226 e. The summed E-state index contributed by atoms with van der Waals surface area (Å²) in [6.07, 6.45) is 0.00131. The molecule has 0 atom stereocenters. The summed E-state index contributed by atoms with van der Waals surface area (Å²) in [5.74, 6) is 0. The van der Waals surface area contributed by atoms with E-state index in [1.54, 1.807) is 0 Å². The Morgan fingerprint density at radius 2 is 0.857 bits per heavy atom. The molecule has 0 saturated heterocycles. The molecule has 1 aromatic carbocycles. The molecule has 1 rings (SSSR count). The zero-order valence-corrected chi connectivity index (χ0v) is 23.5. The molecule has 0 spiro atoms. The summed E-state index contributed by atoms with van der Waals surface area (Å²) >= 11 is 85.7. The molecule has 28 heavy (non-hydrogen) atoms. The summed E-state index contributed by atoms with van der Waals surface area (Å²) < 4.78 is -13.6.